The van der Waals surface area contributed by atoms with Crippen molar-refractivity contribution < 1.29 is 4.79 Å². The molecule has 0 saturated heterocycles. The maximum absolute atomic E-state index is 11.0. The summed E-state index contributed by atoms with van der Waals surface area (Å²) in [7, 11) is 0. The second-order valence-electron chi connectivity index (χ2n) is 3.06. The smallest absolute Gasteiger partial charge is 0.144 e. The summed E-state index contributed by atoms with van der Waals surface area (Å²) in [5, 5.41) is 3.17. The molecule has 4 heteroatoms. The molecule has 0 aromatic rings. The molecule has 0 amide bonds. The molecule has 0 unspecified atom stereocenters. The molecule has 0 aromatic carbocycles. The molecule has 0 bridgehead atoms. The van der Waals surface area contributed by atoms with Crippen LogP contribution >= 0.6 is 0 Å². The van der Waals surface area contributed by atoms with Crippen LogP contribution in [-0.4, -0.2) is 12.3 Å². The van der Waals surface area contributed by atoms with Gasteiger partial charge in [-0.2, -0.15) is 0 Å². The molecule has 0 aliphatic carbocycles. The van der Waals surface area contributed by atoms with E-state index in [0.717, 1.165) is 0 Å². The van der Waals surface area contributed by atoms with E-state index in [-0.39, 0.29) is 12.3 Å². The normalized spacial score (nSPS) is 10.3. The van der Waals surface area contributed by atoms with Gasteiger partial charge in [-0.15, -0.1) is 0 Å². The number of hydrogen-bond acceptors (Lipinski definition) is 2. The number of ketones is 1. The molecule has 4 nitrogen and oxygen atoms in total. The van der Waals surface area contributed by atoms with Gasteiger partial charge in [0.1, 0.15) is 5.78 Å². The molecular formula is C6H11N3O. The van der Waals surface area contributed by atoms with Gasteiger partial charge in [0.15, 0.2) is 0 Å². The van der Waals surface area contributed by atoms with Crippen LogP contribution in [0.25, 0.3) is 10.4 Å². The van der Waals surface area contributed by atoms with Gasteiger partial charge in [0.2, 0.25) is 0 Å². The molecule has 10 heavy (non-hydrogen) atoms. The molecule has 0 spiro atoms. The SMILES string of the molecule is CC(C)(C)C(=O)CN=[N+]=[N-]. The molecule has 0 atom stereocenters. The lowest BCUT2D eigenvalue weighted by atomic mass is 9.91. The Hall–Kier alpha value is -1.02. The number of Topliss-reactive ketones (excluding diaryl/α,β-unsaturated/α-hetero) is 1. The quantitative estimate of drug-likeness (QED) is 0.329. The lowest BCUT2D eigenvalue weighted by molar-refractivity contribution is -0.124. The van der Waals surface area contributed by atoms with Crippen LogP contribution < -0.4 is 0 Å². The van der Waals surface area contributed by atoms with Gasteiger partial charge in [-0.25, -0.2) is 0 Å². The van der Waals surface area contributed by atoms with Crippen LogP contribution in [0.2, 0.25) is 0 Å². The zero-order valence-corrected chi connectivity index (χ0v) is 6.46. The molecule has 0 fully saturated rings. The monoisotopic (exact) mass is 141 g/mol. The number of rotatable bonds is 2. The highest BCUT2D eigenvalue weighted by molar-refractivity contribution is 5.85. The van der Waals surface area contributed by atoms with Gasteiger partial charge in [0, 0.05) is 10.3 Å². The standard InChI is InChI=1S/C6H11N3O/c1-6(2,3)5(10)4-8-9-7/h4H2,1-3H3. The summed E-state index contributed by atoms with van der Waals surface area (Å²) in [6.45, 7) is 5.34. The number of hydrogen-bond donors (Lipinski definition) is 0. The van der Waals surface area contributed by atoms with Gasteiger partial charge in [-0.3, -0.25) is 4.79 Å². The highest BCUT2D eigenvalue weighted by Crippen LogP contribution is 2.13. The minimum absolute atomic E-state index is 0.0368. The van der Waals surface area contributed by atoms with Crippen LogP contribution in [0.15, 0.2) is 5.11 Å². The first-order chi connectivity index (χ1) is 4.48. The summed E-state index contributed by atoms with van der Waals surface area (Å²) in [4.78, 5) is 13.5. The molecule has 0 rings (SSSR count). The molecule has 0 N–H and O–H groups in total. The summed E-state index contributed by atoms with van der Waals surface area (Å²) < 4.78 is 0. The third-order valence-electron chi connectivity index (χ3n) is 1.11. The fourth-order valence-corrected chi connectivity index (χ4v) is 0.333. The third kappa shape index (κ3) is 3.10. The van der Waals surface area contributed by atoms with Crippen molar-refractivity contribution in [1.82, 2.24) is 0 Å². The zero-order chi connectivity index (χ0) is 8.20. The van der Waals surface area contributed by atoms with Crippen molar-refractivity contribution in [3.05, 3.63) is 10.4 Å². The van der Waals surface area contributed by atoms with E-state index in [9.17, 15) is 4.79 Å². The Bertz CT molecular complexity index is 174. The minimum Gasteiger partial charge on any atom is -0.299 e. The van der Waals surface area contributed by atoms with Gasteiger partial charge in [0.25, 0.3) is 0 Å². The van der Waals surface area contributed by atoms with Gasteiger partial charge >= 0.3 is 0 Å². The van der Waals surface area contributed by atoms with Crippen molar-refractivity contribution in [3.63, 3.8) is 0 Å². The fraction of sp³-hybridized carbons (Fsp3) is 0.833. The maximum Gasteiger partial charge on any atom is 0.144 e. The zero-order valence-electron chi connectivity index (χ0n) is 6.46. The van der Waals surface area contributed by atoms with E-state index in [0.29, 0.717) is 0 Å². The van der Waals surface area contributed by atoms with Crippen molar-refractivity contribution in [2.24, 2.45) is 10.5 Å². The Balaban J connectivity index is 3.98. The molecule has 0 saturated carbocycles. The molecule has 56 valence electrons. The second kappa shape index (κ2) is 3.22. The molecule has 0 aliphatic heterocycles. The van der Waals surface area contributed by atoms with Crippen LogP contribution in [0.5, 0.6) is 0 Å². The Kier molecular flexibility index (Phi) is 2.90. The summed E-state index contributed by atoms with van der Waals surface area (Å²) in [6, 6.07) is 0. The van der Waals surface area contributed by atoms with Gasteiger partial charge < -0.3 is 0 Å². The van der Waals surface area contributed by atoms with Crippen LogP contribution in [0.3, 0.4) is 0 Å². The van der Waals surface area contributed by atoms with E-state index in [2.05, 4.69) is 10.0 Å². The van der Waals surface area contributed by atoms with Gasteiger partial charge in [0.05, 0.1) is 6.54 Å². The van der Waals surface area contributed by atoms with E-state index < -0.39 is 5.41 Å². The molecule has 0 aliphatic rings. The average Bonchev–Trinajstić information content (AvgIpc) is 1.80. The maximum atomic E-state index is 11.0. The largest absolute Gasteiger partial charge is 0.299 e. The molecule has 0 radical (unpaired) electrons. The number of nitrogens with zero attached hydrogens (tertiary/aromatic N) is 3. The van der Waals surface area contributed by atoms with Crippen molar-refractivity contribution in [1.29, 1.82) is 0 Å². The Morgan fingerprint density at radius 2 is 2.10 bits per heavy atom. The Labute approximate surface area is 59.9 Å². The van der Waals surface area contributed by atoms with E-state index in [4.69, 9.17) is 5.53 Å². The van der Waals surface area contributed by atoms with Crippen molar-refractivity contribution >= 4 is 5.78 Å². The second-order valence-corrected chi connectivity index (χ2v) is 3.06. The van der Waals surface area contributed by atoms with Crippen LogP contribution in [0, 0.1) is 5.41 Å². The first kappa shape index (κ1) is 8.98. The molecule has 0 aromatic heterocycles. The number of azide groups is 1. The Morgan fingerprint density at radius 1 is 1.60 bits per heavy atom. The molecular weight excluding hydrogens is 130 g/mol. The van der Waals surface area contributed by atoms with Crippen molar-refractivity contribution in [2.45, 2.75) is 20.8 Å². The Morgan fingerprint density at radius 3 is 2.40 bits per heavy atom. The van der Waals surface area contributed by atoms with Gasteiger partial charge in [-0.05, 0) is 5.53 Å². The average molecular weight is 141 g/mol. The van der Waals surface area contributed by atoms with Crippen LogP contribution in [-0.2, 0) is 4.79 Å². The van der Waals surface area contributed by atoms with Gasteiger partial charge in [-0.1, -0.05) is 25.9 Å². The first-order valence-corrected chi connectivity index (χ1v) is 3.02. The fourth-order valence-electron chi connectivity index (χ4n) is 0.333. The lowest BCUT2D eigenvalue weighted by Gasteiger charge is -2.13. The molecule has 0 heterocycles. The summed E-state index contributed by atoms with van der Waals surface area (Å²) in [5.74, 6) is -0.0368. The van der Waals surface area contributed by atoms with Crippen molar-refractivity contribution in [2.75, 3.05) is 6.54 Å². The van der Waals surface area contributed by atoms with E-state index in [1.165, 1.54) is 0 Å². The first-order valence-electron chi connectivity index (χ1n) is 3.02. The van der Waals surface area contributed by atoms with Crippen molar-refractivity contribution in [3.8, 4) is 0 Å². The minimum atomic E-state index is -0.395. The van der Waals surface area contributed by atoms with E-state index >= 15 is 0 Å². The number of carbonyl (C=O) groups is 1. The highest BCUT2D eigenvalue weighted by atomic mass is 16.1. The summed E-state index contributed by atoms with van der Waals surface area (Å²) in [5.41, 5.74) is 7.49. The highest BCUT2D eigenvalue weighted by Gasteiger charge is 2.19. The van der Waals surface area contributed by atoms with Crippen LogP contribution in [0.1, 0.15) is 20.8 Å². The number of carbonyl (C=O) groups excluding carboxylic acids is 1. The predicted molar refractivity (Wildman–Crippen MR) is 38.5 cm³/mol. The summed E-state index contributed by atoms with van der Waals surface area (Å²) in [6.07, 6.45) is 0. The predicted octanol–water partition coefficient (Wildman–Crippen LogP) is 1.91. The lowest BCUT2D eigenvalue weighted by Crippen LogP contribution is -2.22. The summed E-state index contributed by atoms with van der Waals surface area (Å²) >= 11 is 0. The van der Waals surface area contributed by atoms with E-state index in [1.54, 1.807) is 20.8 Å². The van der Waals surface area contributed by atoms with E-state index in [1.807, 2.05) is 0 Å². The topological polar surface area (TPSA) is 65.8 Å². The third-order valence-corrected chi connectivity index (χ3v) is 1.11. The van der Waals surface area contributed by atoms with Crippen LogP contribution in [0.4, 0.5) is 0 Å².